The summed E-state index contributed by atoms with van der Waals surface area (Å²) in [6.45, 7) is 4.91. The van der Waals surface area contributed by atoms with Crippen LogP contribution in [0, 0.1) is 6.92 Å². The zero-order valence-electron chi connectivity index (χ0n) is 24.2. The number of halogens is 3. The predicted octanol–water partition coefficient (Wildman–Crippen LogP) is 6.14. The van der Waals surface area contributed by atoms with Gasteiger partial charge in [-0.05, 0) is 61.5 Å². The number of aryl methyl sites for hydroxylation is 1. The first kappa shape index (κ1) is 29.3. The summed E-state index contributed by atoms with van der Waals surface area (Å²) in [5, 5.41) is 2.76. The molecule has 0 spiro atoms. The summed E-state index contributed by atoms with van der Waals surface area (Å²) in [7, 11) is 1.99. The van der Waals surface area contributed by atoms with Crippen molar-refractivity contribution < 1.29 is 22.7 Å². The largest absolute Gasteiger partial charge is 0.437 e. The van der Waals surface area contributed by atoms with Gasteiger partial charge in [0.15, 0.2) is 5.82 Å². The smallest absolute Gasteiger partial charge is 0.416 e. The van der Waals surface area contributed by atoms with E-state index in [1.54, 1.807) is 61.9 Å². The molecule has 2 N–H and O–H groups in total. The highest BCUT2D eigenvalue weighted by atomic mass is 19.4. The molecule has 5 aromatic rings. The summed E-state index contributed by atoms with van der Waals surface area (Å²) < 4.78 is 48.4. The van der Waals surface area contributed by atoms with E-state index in [0.717, 1.165) is 24.7 Å². The standard InChI is InChI=1S/C32H30F3N7O2/c1-20-3-6-24(44-31-28-26(9-12-37-28)38-29(40-31)21-7-10-36-11-8-21)18-27(20)39-30(43)22-4-5-23(25(17-22)32(33,34)35)19-42-15-13-41(2)14-16-42/h3-12,17-18,37H,13-16,19H2,1-2H3,(H,39,43). The van der Waals surface area contributed by atoms with E-state index in [0.29, 0.717) is 46.9 Å². The van der Waals surface area contributed by atoms with Gasteiger partial charge in [-0.15, -0.1) is 0 Å². The Morgan fingerprint density at radius 1 is 1.00 bits per heavy atom. The average Bonchev–Trinajstić information content (AvgIpc) is 3.49. The molecule has 3 aromatic heterocycles. The molecule has 226 valence electrons. The molecular formula is C32H30F3N7O2. The third kappa shape index (κ3) is 6.41. The van der Waals surface area contributed by atoms with Gasteiger partial charge in [0, 0.05) is 74.2 Å². The molecular weight excluding hydrogens is 571 g/mol. The summed E-state index contributed by atoms with van der Waals surface area (Å²) in [5.41, 5.74) is 2.36. The first-order chi connectivity index (χ1) is 21.1. The van der Waals surface area contributed by atoms with Crippen LogP contribution in [-0.2, 0) is 12.7 Å². The molecule has 44 heavy (non-hydrogen) atoms. The Bertz CT molecular complexity index is 1800. The SMILES string of the molecule is Cc1ccc(Oc2nc(-c3ccncc3)nc3cc[nH]c23)cc1NC(=O)c1ccc(CN2CCN(C)CC2)c(C(F)(F)F)c1. The van der Waals surface area contributed by atoms with Crippen molar-refractivity contribution in [3.8, 4) is 23.0 Å². The van der Waals surface area contributed by atoms with Crippen LogP contribution in [0.4, 0.5) is 18.9 Å². The maximum atomic E-state index is 14.1. The Labute approximate surface area is 251 Å². The van der Waals surface area contributed by atoms with E-state index in [-0.39, 0.29) is 23.6 Å². The van der Waals surface area contributed by atoms with Gasteiger partial charge in [-0.25, -0.2) is 4.98 Å². The molecule has 1 saturated heterocycles. The van der Waals surface area contributed by atoms with Crippen molar-refractivity contribution in [2.75, 3.05) is 38.5 Å². The molecule has 0 unspecified atom stereocenters. The maximum Gasteiger partial charge on any atom is 0.416 e. The van der Waals surface area contributed by atoms with Crippen LogP contribution in [0.15, 0.2) is 73.2 Å². The van der Waals surface area contributed by atoms with Gasteiger partial charge in [0.05, 0.1) is 11.1 Å². The van der Waals surface area contributed by atoms with Crippen LogP contribution >= 0.6 is 0 Å². The number of hydrogen-bond donors (Lipinski definition) is 2. The van der Waals surface area contributed by atoms with Gasteiger partial charge in [0.25, 0.3) is 5.91 Å². The third-order valence-corrected chi connectivity index (χ3v) is 7.65. The van der Waals surface area contributed by atoms with E-state index in [4.69, 9.17) is 4.74 Å². The number of aromatic amines is 1. The lowest BCUT2D eigenvalue weighted by Crippen LogP contribution is -2.44. The second kappa shape index (κ2) is 12.1. The van der Waals surface area contributed by atoms with Crippen LogP contribution in [0.5, 0.6) is 11.6 Å². The van der Waals surface area contributed by atoms with Gasteiger partial charge in [-0.2, -0.15) is 18.2 Å². The number of likely N-dealkylation sites (N-methyl/N-ethyl adjacent to an activating group) is 1. The Balaban J connectivity index is 1.24. The van der Waals surface area contributed by atoms with Crippen LogP contribution in [0.1, 0.15) is 27.0 Å². The summed E-state index contributed by atoms with van der Waals surface area (Å²) in [6.07, 6.45) is 0.426. The number of aromatic nitrogens is 4. The summed E-state index contributed by atoms with van der Waals surface area (Å²) in [5.74, 6) is 0.445. The number of piperazine rings is 1. The summed E-state index contributed by atoms with van der Waals surface area (Å²) in [6, 6.07) is 14.3. The van der Waals surface area contributed by atoms with Crippen LogP contribution in [-0.4, -0.2) is 68.9 Å². The van der Waals surface area contributed by atoms with Gasteiger partial charge in [-0.1, -0.05) is 12.1 Å². The first-order valence-corrected chi connectivity index (χ1v) is 14.1. The van der Waals surface area contributed by atoms with Gasteiger partial charge in [0.1, 0.15) is 11.3 Å². The Kier molecular flexibility index (Phi) is 8.02. The highest BCUT2D eigenvalue weighted by molar-refractivity contribution is 6.05. The normalized spacial score (nSPS) is 14.6. The minimum Gasteiger partial charge on any atom is -0.437 e. The number of rotatable bonds is 7. The van der Waals surface area contributed by atoms with Crippen LogP contribution in [0.25, 0.3) is 22.4 Å². The molecule has 0 atom stereocenters. The number of fused-ring (bicyclic) bond motifs is 1. The molecule has 2 aromatic carbocycles. The average molecular weight is 602 g/mol. The minimum atomic E-state index is -4.60. The number of benzene rings is 2. The van der Waals surface area contributed by atoms with Crippen molar-refractivity contribution in [1.29, 1.82) is 0 Å². The van der Waals surface area contributed by atoms with Gasteiger partial charge < -0.3 is 19.9 Å². The topological polar surface area (TPSA) is 99.3 Å². The van der Waals surface area contributed by atoms with Crippen molar-refractivity contribution in [2.45, 2.75) is 19.6 Å². The number of ether oxygens (including phenoxy) is 1. The van der Waals surface area contributed by atoms with Crippen molar-refractivity contribution in [2.24, 2.45) is 0 Å². The molecule has 1 amide bonds. The number of amides is 1. The first-order valence-electron chi connectivity index (χ1n) is 14.1. The molecule has 0 aliphatic carbocycles. The summed E-state index contributed by atoms with van der Waals surface area (Å²) in [4.78, 5) is 33.7. The Hall–Kier alpha value is -4.81. The number of H-pyrrole nitrogens is 1. The zero-order valence-corrected chi connectivity index (χ0v) is 24.2. The van der Waals surface area contributed by atoms with Gasteiger partial charge >= 0.3 is 6.18 Å². The molecule has 0 radical (unpaired) electrons. The second-order valence-electron chi connectivity index (χ2n) is 10.8. The number of carbonyl (C=O) groups excluding carboxylic acids is 1. The van der Waals surface area contributed by atoms with Crippen LogP contribution < -0.4 is 10.1 Å². The molecule has 1 aliphatic rings. The monoisotopic (exact) mass is 601 g/mol. The highest BCUT2D eigenvalue weighted by Gasteiger charge is 2.34. The van der Waals surface area contributed by atoms with E-state index < -0.39 is 17.6 Å². The van der Waals surface area contributed by atoms with Gasteiger partial charge in [-0.3, -0.25) is 14.7 Å². The molecule has 12 heteroatoms. The second-order valence-corrected chi connectivity index (χ2v) is 10.8. The number of alkyl halides is 3. The molecule has 1 aliphatic heterocycles. The van der Waals surface area contributed by atoms with Crippen molar-refractivity contribution >= 4 is 22.6 Å². The lowest BCUT2D eigenvalue weighted by atomic mass is 10.0. The number of nitrogens with zero attached hydrogens (tertiary/aromatic N) is 5. The predicted molar refractivity (Wildman–Crippen MR) is 161 cm³/mol. The van der Waals surface area contributed by atoms with E-state index in [9.17, 15) is 18.0 Å². The zero-order chi connectivity index (χ0) is 30.8. The molecule has 1 fully saturated rings. The summed E-state index contributed by atoms with van der Waals surface area (Å²) >= 11 is 0. The highest BCUT2D eigenvalue weighted by Crippen LogP contribution is 2.35. The molecule has 9 nitrogen and oxygen atoms in total. The van der Waals surface area contributed by atoms with Crippen molar-refractivity contribution in [3.63, 3.8) is 0 Å². The van der Waals surface area contributed by atoms with E-state index in [2.05, 4.69) is 30.2 Å². The fourth-order valence-corrected chi connectivity index (χ4v) is 5.09. The van der Waals surface area contributed by atoms with Crippen molar-refractivity contribution in [1.82, 2.24) is 29.7 Å². The number of pyridine rings is 1. The van der Waals surface area contributed by atoms with Crippen molar-refractivity contribution in [3.05, 3.63) is 95.4 Å². The molecule has 0 saturated carbocycles. The molecule has 4 heterocycles. The number of hydrogen-bond acceptors (Lipinski definition) is 7. The number of nitrogens with one attached hydrogen (secondary N) is 2. The Morgan fingerprint density at radius 2 is 1.77 bits per heavy atom. The molecule has 6 rings (SSSR count). The maximum absolute atomic E-state index is 14.1. The number of anilines is 1. The van der Waals surface area contributed by atoms with E-state index in [1.165, 1.54) is 12.1 Å². The van der Waals surface area contributed by atoms with E-state index in [1.807, 2.05) is 11.9 Å². The third-order valence-electron chi connectivity index (χ3n) is 7.65. The Morgan fingerprint density at radius 3 is 2.52 bits per heavy atom. The van der Waals surface area contributed by atoms with Crippen LogP contribution in [0.2, 0.25) is 0 Å². The molecule has 0 bridgehead atoms. The van der Waals surface area contributed by atoms with Gasteiger partial charge in [0.2, 0.25) is 5.88 Å². The van der Waals surface area contributed by atoms with E-state index >= 15 is 0 Å². The lowest BCUT2D eigenvalue weighted by Gasteiger charge is -2.33. The lowest BCUT2D eigenvalue weighted by molar-refractivity contribution is -0.138. The fraction of sp³-hybridized carbons (Fsp3) is 0.250. The minimum absolute atomic E-state index is 0.0870. The number of carbonyl (C=O) groups is 1. The van der Waals surface area contributed by atoms with Crippen LogP contribution in [0.3, 0.4) is 0 Å². The fourth-order valence-electron chi connectivity index (χ4n) is 5.09. The quantitative estimate of drug-likeness (QED) is 0.231.